The molecule has 4 N–H and O–H groups in total. The quantitative estimate of drug-likeness (QED) is 0.511. The molecule has 2 aromatic rings. The fourth-order valence-electron chi connectivity index (χ4n) is 3.69. The number of hydrogen-bond acceptors (Lipinski definition) is 7. The molecule has 2 aromatic carbocycles. The lowest BCUT2D eigenvalue weighted by Crippen LogP contribution is -2.50. The molecule has 3 unspecified atom stereocenters. The van der Waals surface area contributed by atoms with Gasteiger partial charge in [-0.1, -0.05) is 29.4 Å². The molecule has 3 atom stereocenters. The summed E-state index contributed by atoms with van der Waals surface area (Å²) in [4.78, 5) is 19.2. The van der Waals surface area contributed by atoms with Crippen LogP contribution in [0.25, 0.3) is 0 Å². The SMILES string of the molecule is CCOc1ccc(NC(=O)CSC2=NC3NNC(C)C3C(=N)N2c2cccc(Cl)c2)cc1. The van der Waals surface area contributed by atoms with Gasteiger partial charge in [-0.3, -0.25) is 20.5 Å². The number of anilines is 2. The van der Waals surface area contributed by atoms with E-state index in [-0.39, 0.29) is 29.8 Å². The van der Waals surface area contributed by atoms with Crippen molar-refractivity contribution in [3.63, 3.8) is 0 Å². The van der Waals surface area contributed by atoms with Crippen molar-refractivity contribution in [2.24, 2.45) is 10.9 Å². The predicted molar refractivity (Wildman–Crippen MR) is 131 cm³/mol. The highest BCUT2D eigenvalue weighted by Gasteiger charge is 2.43. The highest BCUT2D eigenvalue weighted by molar-refractivity contribution is 8.14. The third-order valence-corrected chi connectivity index (χ3v) is 6.37. The van der Waals surface area contributed by atoms with Gasteiger partial charge < -0.3 is 10.1 Å². The van der Waals surface area contributed by atoms with Crippen LogP contribution in [0.4, 0.5) is 11.4 Å². The fraction of sp³-hybridized carbons (Fsp3) is 0.318. The molecular weight excluding hydrogens is 448 g/mol. The van der Waals surface area contributed by atoms with Crippen LogP contribution in [0, 0.1) is 11.3 Å². The molecule has 0 saturated carbocycles. The molecule has 1 saturated heterocycles. The first-order valence-corrected chi connectivity index (χ1v) is 11.7. The lowest BCUT2D eigenvalue weighted by molar-refractivity contribution is -0.113. The molecule has 0 aliphatic carbocycles. The summed E-state index contributed by atoms with van der Waals surface area (Å²) in [5.74, 6) is 1.03. The molecule has 0 bridgehead atoms. The number of hydrazine groups is 1. The molecule has 0 spiro atoms. The first-order chi connectivity index (χ1) is 15.5. The van der Waals surface area contributed by atoms with Gasteiger partial charge in [0.2, 0.25) is 5.91 Å². The van der Waals surface area contributed by atoms with Crippen molar-refractivity contribution in [2.45, 2.75) is 26.1 Å². The van der Waals surface area contributed by atoms with E-state index in [0.29, 0.717) is 28.3 Å². The maximum atomic E-state index is 12.6. The van der Waals surface area contributed by atoms with Gasteiger partial charge in [0.25, 0.3) is 0 Å². The first kappa shape index (κ1) is 22.6. The number of aliphatic imine (C=N–C) groups is 1. The molecule has 1 amide bonds. The fourth-order valence-corrected chi connectivity index (χ4v) is 4.73. The van der Waals surface area contributed by atoms with Crippen molar-refractivity contribution in [3.05, 3.63) is 53.6 Å². The van der Waals surface area contributed by atoms with Crippen LogP contribution in [0.1, 0.15) is 13.8 Å². The van der Waals surface area contributed by atoms with Crippen molar-refractivity contribution < 1.29 is 9.53 Å². The number of halogens is 1. The number of thioether (sulfide) groups is 1. The Hall–Kier alpha value is -2.59. The average Bonchev–Trinajstić information content (AvgIpc) is 3.15. The molecule has 4 rings (SSSR count). The number of nitrogens with zero attached hydrogens (tertiary/aromatic N) is 2. The van der Waals surface area contributed by atoms with Gasteiger partial charge in [0, 0.05) is 16.8 Å². The molecule has 0 radical (unpaired) electrons. The highest BCUT2D eigenvalue weighted by Crippen LogP contribution is 2.32. The number of amides is 1. The van der Waals surface area contributed by atoms with Crippen molar-refractivity contribution in [1.29, 1.82) is 5.41 Å². The van der Waals surface area contributed by atoms with Gasteiger partial charge in [-0.2, -0.15) is 0 Å². The van der Waals surface area contributed by atoms with Crippen LogP contribution >= 0.6 is 23.4 Å². The molecule has 168 valence electrons. The Morgan fingerprint density at radius 3 is 2.78 bits per heavy atom. The van der Waals surface area contributed by atoms with E-state index in [1.54, 1.807) is 29.2 Å². The van der Waals surface area contributed by atoms with Gasteiger partial charge in [0.05, 0.1) is 24.0 Å². The lowest BCUT2D eigenvalue weighted by atomic mass is 9.97. The van der Waals surface area contributed by atoms with Crippen LogP contribution in [0.5, 0.6) is 5.75 Å². The van der Waals surface area contributed by atoms with Gasteiger partial charge in [0.15, 0.2) is 5.17 Å². The van der Waals surface area contributed by atoms with E-state index in [2.05, 4.69) is 16.2 Å². The van der Waals surface area contributed by atoms with Gasteiger partial charge in [-0.15, -0.1) is 0 Å². The summed E-state index contributed by atoms with van der Waals surface area (Å²) in [7, 11) is 0. The summed E-state index contributed by atoms with van der Waals surface area (Å²) in [5.41, 5.74) is 7.74. The number of rotatable bonds is 6. The highest BCUT2D eigenvalue weighted by atomic mass is 35.5. The van der Waals surface area contributed by atoms with Crippen LogP contribution < -0.4 is 25.8 Å². The Morgan fingerprint density at radius 2 is 2.06 bits per heavy atom. The largest absolute Gasteiger partial charge is 0.494 e. The van der Waals surface area contributed by atoms with Gasteiger partial charge >= 0.3 is 0 Å². The van der Waals surface area contributed by atoms with Gasteiger partial charge in [-0.25, -0.2) is 10.4 Å². The third-order valence-electron chi connectivity index (χ3n) is 5.18. The third kappa shape index (κ3) is 4.91. The zero-order chi connectivity index (χ0) is 22.7. The Morgan fingerprint density at radius 1 is 1.28 bits per heavy atom. The minimum atomic E-state index is -0.260. The van der Waals surface area contributed by atoms with E-state index < -0.39 is 0 Å². The topological polar surface area (TPSA) is 102 Å². The number of fused-ring (bicyclic) bond motifs is 1. The summed E-state index contributed by atoms with van der Waals surface area (Å²) in [6.07, 6.45) is -0.260. The van der Waals surface area contributed by atoms with Crippen molar-refractivity contribution in [2.75, 3.05) is 22.6 Å². The summed E-state index contributed by atoms with van der Waals surface area (Å²) in [6.45, 7) is 4.53. The van der Waals surface area contributed by atoms with Crippen LogP contribution in [0.3, 0.4) is 0 Å². The normalized spacial score (nSPS) is 22.3. The van der Waals surface area contributed by atoms with Crippen molar-refractivity contribution in [3.8, 4) is 5.75 Å². The minimum Gasteiger partial charge on any atom is -0.494 e. The lowest BCUT2D eigenvalue weighted by Gasteiger charge is -2.36. The second-order valence-corrected chi connectivity index (χ2v) is 8.83. The number of carbonyl (C=O) groups excluding carboxylic acids is 1. The van der Waals surface area contributed by atoms with Gasteiger partial charge in [0.1, 0.15) is 17.8 Å². The molecule has 32 heavy (non-hydrogen) atoms. The second-order valence-electron chi connectivity index (χ2n) is 7.45. The molecule has 8 nitrogen and oxygen atoms in total. The van der Waals surface area contributed by atoms with E-state index in [1.807, 2.05) is 38.1 Å². The second kappa shape index (κ2) is 9.91. The number of carbonyl (C=O) groups is 1. The van der Waals surface area contributed by atoms with Crippen molar-refractivity contribution in [1.82, 2.24) is 10.9 Å². The van der Waals surface area contributed by atoms with Crippen molar-refractivity contribution >= 4 is 51.6 Å². The summed E-state index contributed by atoms with van der Waals surface area (Å²) in [5, 5.41) is 12.9. The molecule has 2 aliphatic rings. The van der Waals surface area contributed by atoms with Crippen LogP contribution in [0.15, 0.2) is 53.5 Å². The number of benzene rings is 2. The maximum Gasteiger partial charge on any atom is 0.234 e. The van der Waals surface area contributed by atoms with E-state index in [4.69, 9.17) is 26.7 Å². The first-order valence-electron chi connectivity index (χ1n) is 10.3. The van der Waals surface area contributed by atoms with E-state index in [1.165, 1.54) is 11.8 Å². The Bertz CT molecular complexity index is 1030. The summed E-state index contributed by atoms with van der Waals surface area (Å²) >= 11 is 7.49. The minimum absolute atomic E-state index is 0.0486. The molecule has 2 aliphatic heterocycles. The van der Waals surface area contributed by atoms with Crippen LogP contribution in [-0.2, 0) is 4.79 Å². The molecule has 2 heterocycles. The predicted octanol–water partition coefficient (Wildman–Crippen LogP) is 3.70. The standard InChI is InChI=1S/C22H25ClN6O2S/c1-3-31-17-9-7-15(8-10-17)25-18(30)12-32-22-26-21-19(13(2)27-28-21)20(24)29(22)16-6-4-5-14(23)11-16/h4-11,13,19,21,24,27-28H,3,12H2,1-2H3,(H,25,30). The van der Waals surface area contributed by atoms with Gasteiger partial charge in [-0.05, 0) is 56.3 Å². The van der Waals surface area contributed by atoms with Crippen LogP contribution in [-0.4, -0.2) is 41.5 Å². The zero-order valence-electron chi connectivity index (χ0n) is 17.8. The van der Waals surface area contributed by atoms with E-state index in [0.717, 1.165) is 11.4 Å². The van der Waals surface area contributed by atoms with E-state index in [9.17, 15) is 4.79 Å². The summed E-state index contributed by atoms with van der Waals surface area (Å²) < 4.78 is 5.43. The number of nitrogens with one attached hydrogen (secondary N) is 4. The molecule has 1 fully saturated rings. The molecule has 10 heteroatoms. The Labute approximate surface area is 196 Å². The number of amidine groups is 2. The smallest absolute Gasteiger partial charge is 0.234 e. The Kier molecular flexibility index (Phi) is 7.00. The monoisotopic (exact) mass is 472 g/mol. The Balaban J connectivity index is 1.49. The number of ether oxygens (including phenoxy) is 1. The molecule has 0 aromatic heterocycles. The van der Waals surface area contributed by atoms with Crippen LogP contribution in [0.2, 0.25) is 5.02 Å². The number of hydrogen-bond donors (Lipinski definition) is 4. The zero-order valence-corrected chi connectivity index (χ0v) is 19.3. The van der Waals surface area contributed by atoms with E-state index >= 15 is 0 Å². The average molecular weight is 473 g/mol. The summed E-state index contributed by atoms with van der Waals surface area (Å²) in [6, 6.07) is 14.6. The molecular formula is C22H25ClN6O2S. The maximum absolute atomic E-state index is 12.6.